The first kappa shape index (κ1) is 11.9. The third kappa shape index (κ3) is 1.76. The topological polar surface area (TPSA) is 44.0 Å². The molecule has 0 bridgehead atoms. The molecule has 2 saturated carbocycles. The monoisotopic (exact) mass is 221 g/mol. The van der Waals surface area contributed by atoms with Gasteiger partial charge in [0.05, 0.1) is 12.2 Å². The quantitative estimate of drug-likeness (QED) is 0.778. The van der Waals surface area contributed by atoms with Crippen LogP contribution in [-0.2, 0) is 0 Å². The number of aliphatic hydroxyl groups excluding tert-OH is 1. The molecule has 1 unspecified atom stereocenters. The van der Waals surface area contributed by atoms with Crippen molar-refractivity contribution in [3.8, 4) is 6.07 Å². The van der Waals surface area contributed by atoms with E-state index >= 15 is 0 Å². The lowest BCUT2D eigenvalue weighted by atomic mass is 9.61. The largest absolute Gasteiger partial charge is 0.393 e. The first-order chi connectivity index (χ1) is 7.59. The molecule has 0 aromatic heterocycles. The third-order valence-electron chi connectivity index (χ3n) is 5.26. The summed E-state index contributed by atoms with van der Waals surface area (Å²) in [5, 5.41) is 18.9. The van der Waals surface area contributed by atoms with Gasteiger partial charge in [-0.15, -0.1) is 0 Å². The molecule has 0 aliphatic heterocycles. The highest BCUT2D eigenvalue weighted by Gasteiger charge is 2.51. The van der Waals surface area contributed by atoms with Gasteiger partial charge >= 0.3 is 0 Å². The minimum Gasteiger partial charge on any atom is -0.393 e. The van der Waals surface area contributed by atoms with Crippen molar-refractivity contribution in [1.29, 1.82) is 5.26 Å². The lowest BCUT2D eigenvalue weighted by Gasteiger charge is -2.44. The summed E-state index contributed by atoms with van der Waals surface area (Å²) in [6.45, 7) is 4.56. The molecule has 2 heteroatoms. The molecule has 0 aromatic rings. The minimum absolute atomic E-state index is 0.0852. The van der Waals surface area contributed by atoms with Gasteiger partial charge in [0.1, 0.15) is 0 Å². The summed E-state index contributed by atoms with van der Waals surface area (Å²) in [4.78, 5) is 0. The van der Waals surface area contributed by atoms with E-state index in [4.69, 9.17) is 5.26 Å². The van der Waals surface area contributed by atoms with E-state index in [1.165, 1.54) is 12.8 Å². The van der Waals surface area contributed by atoms with E-state index in [1.54, 1.807) is 0 Å². The molecule has 2 fully saturated rings. The average Bonchev–Trinajstić information content (AvgIpc) is 2.57. The van der Waals surface area contributed by atoms with Crippen molar-refractivity contribution in [2.24, 2.45) is 23.2 Å². The Bertz CT molecular complexity index is 296. The molecular formula is C14H23NO. The second kappa shape index (κ2) is 4.37. The molecule has 1 N–H and O–H groups in total. The summed E-state index contributed by atoms with van der Waals surface area (Å²) in [7, 11) is 0. The van der Waals surface area contributed by atoms with Crippen LogP contribution in [-0.4, -0.2) is 11.2 Å². The molecule has 2 aliphatic rings. The standard InChI is InChI=1S/C14H23NO/c1-10(7-9-15)11-5-6-12-13(16)4-3-8-14(11,12)2/h10-13,16H,3-8H2,1-2H3/t10-,11-,12?,13+,14-/m1/s1. The summed E-state index contributed by atoms with van der Waals surface area (Å²) in [6, 6.07) is 2.31. The Morgan fingerprint density at radius 3 is 2.88 bits per heavy atom. The van der Waals surface area contributed by atoms with Crippen molar-refractivity contribution >= 4 is 0 Å². The molecule has 0 radical (unpaired) electrons. The van der Waals surface area contributed by atoms with E-state index in [0.29, 0.717) is 29.6 Å². The predicted octanol–water partition coefficient (Wildman–Crippen LogP) is 3.11. The third-order valence-corrected chi connectivity index (χ3v) is 5.26. The smallest absolute Gasteiger partial charge is 0.0624 e. The normalized spacial score (nSPS) is 44.8. The molecule has 16 heavy (non-hydrogen) atoms. The lowest BCUT2D eigenvalue weighted by molar-refractivity contribution is -0.0264. The Labute approximate surface area is 98.7 Å². The molecule has 2 rings (SSSR count). The number of nitriles is 1. The Morgan fingerprint density at radius 2 is 2.19 bits per heavy atom. The zero-order valence-electron chi connectivity index (χ0n) is 10.4. The zero-order chi connectivity index (χ0) is 11.8. The summed E-state index contributed by atoms with van der Waals surface area (Å²) < 4.78 is 0. The van der Waals surface area contributed by atoms with Crippen LogP contribution in [0.3, 0.4) is 0 Å². The van der Waals surface area contributed by atoms with Crippen LogP contribution in [0, 0.1) is 34.5 Å². The highest BCUT2D eigenvalue weighted by molar-refractivity contribution is 5.02. The van der Waals surface area contributed by atoms with Crippen LogP contribution in [0.15, 0.2) is 0 Å². The minimum atomic E-state index is -0.0852. The van der Waals surface area contributed by atoms with Gasteiger partial charge in [-0.2, -0.15) is 5.26 Å². The summed E-state index contributed by atoms with van der Waals surface area (Å²) in [5.74, 6) is 1.63. The van der Waals surface area contributed by atoms with Gasteiger partial charge in [0.15, 0.2) is 0 Å². The van der Waals surface area contributed by atoms with Crippen LogP contribution in [0.2, 0.25) is 0 Å². The van der Waals surface area contributed by atoms with Crippen molar-refractivity contribution in [1.82, 2.24) is 0 Å². The van der Waals surface area contributed by atoms with Gasteiger partial charge in [-0.1, -0.05) is 20.3 Å². The molecule has 5 atom stereocenters. The average molecular weight is 221 g/mol. The molecular weight excluding hydrogens is 198 g/mol. The van der Waals surface area contributed by atoms with Crippen molar-refractivity contribution in [2.75, 3.05) is 0 Å². The van der Waals surface area contributed by atoms with E-state index < -0.39 is 0 Å². The van der Waals surface area contributed by atoms with Gasteiger partial charge in [0.2, 0.25) is 0 Å². The molecule has 0 heterocycles. The fourth-order valence-corrected chi connectivity index (χ4v) is 4.41. The summed E-state index contributed by atoms with van der Waals surface area (Å²) >= 11 is 0. The molecule has 0 amide bonds. The van der Waals surface area contributed by atoms with Crippen LogP contribution in [0.1, 0.15) is 52.4 Å². The highest BCUT2D eigenvalue weighted by Crippen LogP contribution is 2.57. The lowest BCUT2D eigenvalue weighted by Crippen LogP contribution is -2.41. The number of hydrogen-bond donors (Lipinski definition) is 1. The summed E-state index contributed by atoms with van der Waals surface area (Å²) in [5.41, 5.74) is 0.300. The maximum absolute atomic E-state index is 10.1. The summed E-state index contributed by atoms with van der Waals surface area (Å²) in [6.07, 6.45) is 6.35. The second-order valence-corrected chi connectivity index (χ2v) is 6.10. The van der Waals surface area contributed by atoms with Gasteiger partial charge < -0.3 is 5.11 Å². The fraction of sp³-hybridized carbons (Fsp3) is 0.929. The second-order valence-electron chi connectivity index (χ2n) is 6.10. The van der Waals surface area contributed by atoms with E-state index in [0.717, 1.165) is 19.3 Å². The van der Waals surface area contributed by atoms with Gasteiger partial charge in [0, 0.05) is 6.42 Å². The zero-order valence-corrected chi connectivity index (χ0v) is 10.4. The van der Waals surface area contributed by atoms with Crippen LogP contribution in [0.4, 0.5) is 0 Å². The van der Waals surface area contributed by atoms with Crippen molar-refractivity contribution in [3.05, 3.63) is 0 Å². The van der Waals surface area contributed by atoms with Crippen LogP contribution < -0.4 is 0 Å². The number of fused-ring (bicyclic) bond motifs is 1. The molecule has 0 spiro atoms. The SMILES string of the molecule is C[C@H](CC#N)[C@H]1CCC2[C@@H](O)CCC[C@@]21C. The van der Waals surface area contributed by atoms with Gasteiger partial charge in [-0.3, -0.25) is 0 Å². The predicted molar refractivity (Wildman–Crippen MR) is 63.6 cm³/mol. The maximum Gasteiger partial charge on any atom is 0.0624 e. The van der Waals surface area contributed by atoms with E-state index in [2.05, 4.69) is 19.9 Å². The van der Waals surface area contributed by atoms with Crippen molar-refractivity contribution in [2.45, 2.75) is 58.5 Å². The van der Waals surface area contributed by atoms with E-state index in [-0.39, 0.29) is 6.10 Å². The van der Waals surface area contributed by atoms with Crippen LogP contribution >= 0.6 is 0 Å². The maximum atomic E-state index is 10.1. The first-order valence-electron chi connectivity index (χ1n) is 6.64. The Morgan fingerprint density at radius 1 is 1.44 bits per heavy atom. The van der Waals surface area contributed by atoms with Crippen LogP contribution in [0.5, 0.6) is 0 Å². The van der Waals surface area contributed by atoms with E-state index in [9.17, 15) is 5.11 Å². The van der Waals surface area contributed by atoms with Gasteiger partial charge in [-0.05, 0) is 48.9 Å². The van der Waals surface area contributed by atoms with Crippen molar-refractivity contribution in [3.63, 3.8) is 0 Å². The number of nitrogens with zero attached hydrogens (tertiary/aromatic N) is 1. The van der Waals surface area contributed by atoms with Gasteiger partial charge in [-0.25, -0.2) is 0 Å². The molecule has 90 valence electrons. The highest BCUT2D eigenvalue weighted by atomic mass is 16.3. The van der Waals surface area contributed by atoms with Crippen molar-refractivity contribution < 1.29 is 5.11 Å². The molecule has 0 saturated heterocycles. The molecule has 0 aromatic carbocycles. The Kier molecular flexibility index (Phi) is 3.26. The van der Waals surface area contributed by atoms with E-state index in [1.807, 2.05) is 0 Å². The number of aliphatic hydroxyl groups is 1. The number of hydrogen-bond acceptors (Lipinski definition) is 2. The van der Waals surface area contributed by atoms with Gasteiger partial charge in [0.25, 0.3) is 0 Å². The molecule has 2 aliphatic carbocycles. The van der Waals surface area contributed by atoms with Crippen LogP contribution in [0.25, 0.3) is 0 Å². The first-order valence-corrected chi connectivity index (χ1v) is 6.64. The number of rotatable bonds is 2. The Balaban J connectivity index is 2.15. The Hall–Kier alpha value is -0.550. The fourth-order valence-electron chi connectivity index (χ4n) is 4.41. The molecule has 2 nitrogen and oxygen atoms in total.